The van der Waals surface area contributed by atoms with Gasteiger partial charge in [0.05, 0.1) is 24.4 Å². The van der Waals surface area contributed by atoms with Crippen LogP contribution in [0.5, 0.6) is 5.75 Å². The van der Waals surface area contributed by atoms with Gasteiger partial charge in [-0.2, -0.15) is 20.1 Å². The minimum absolute atomic E-state index is 0.0132. The molecule has 13 heteroatoms. The Bertz CT molecular complexity index is 1170. The molecule has 33 heavy (non-hydrogen) atoms. The summed E-state index contributed by atoms with van der Waals surface area (Å²) in [5, 5.41) is 28.0. The molecule has 12 nitrogen and oxygen atoms in total. The molecular weight excluding hydrogens is 543 g/mol. The van der Waals surface area contributed by atoms with Gasteiger partial charge in [-0.25, -0.2) is 5.43 Å². The summed E-state index contributed by atoms with van der Waals surface area (Å²) >= 11 is 2.15. The number of ether oxygens (including phenoxy) is 1. The highest BCUT2D eigenvalue weighted by Crippen LogP contribution is 2.21. The molecule has 1 fully saturated rings. The fourth-order valence-electron chi connectivity index (χ4n) is 2.96. The fraction of sp³-hybridized carbons (Fsp3) is 0.200. The number of hydrogen-bond acceptors (Lipinski definition) is 11. The second kappa shape index (κ2) is 10.4. The van der Waals surface area contributed by atoms with Crippen LogP contribution in [-0.2, 0) is 4.74 Å². The quantitative estimate of drug-likeness (QED) is 0.170. The zero-order valence-electron chi connectivity index (χ0n) is 17.2. The van der Waals surface area contributed by atoms with Gasteiger partial charge in [0.15, 0.2) is 0 Å². The normalized spacial score (nSPS) is 13.8. The fourth-order valence-corrected chi connectivity index (χ4v) is 3.47. The third-order valence-electron chi connectivity index (χ3n) is 4.61. The minimum Gasteiger partial charge on any atom is -0.507 e. The van der Waals surface area contributed by atoms with E-state index in [1.807, 2.05) is 4.90 Å². The molecule has 2 aromatic carbocycles. The van der Waals surface area contributed by atoms with Crippen molar-refractivity contribution < 1.29 is 14.8 Å². The van der Waals surface area contributed by atoms with Crippen molar-refractivity contribution in [2.75, 3.05) is 41.9 Å². The maximum Gasteiger partial charge on any atom is 0.269 e. The number of hydrazone groups is 1. The molecule has 0 atom stereocenters. The standard InChI is InChI=1S/C20H19IN8O4/c21-14-1-6-17(30)13(11-14)12-22-27-19-24-18(23-15-2-4-16(5-3-15)29(31)32)25-20(26-19)28-7-9-33-10-8-28/h1-6,11-12,30H,7-10H2,(H2,23,24,25,26,27)/b22-12+. The predicted octanol–water partition coefficient (Wildman–Crippen LogP) is 3.12. The summed E-state index contributed by atoms with van der Waals surface area (Å²) in [6.45, 7) is 2.37. The average molecular weight is 562 g/mol. The van der Waals surface area contributed by atoms with Crippen LogP contribution in [0.2, 0.25) is 0 Å². The van der Waals surface area contributed by atoms with Gasteiger partial charge in [-0.1, -0.05) is 0 Å². The summed E-state index contributed by atoms with van der Waals surface area (Å²) in [7, 11) is 0. The van der Waals surface area contributed by atoms with Gasteiger partial charge in [-0.05, 0) is 52.9 Å². The number of hydrogen-bond donors (Lipinski definition) is 3. The number of anilines is 4. The lowest BCUT2D eigenvalue weighted by molar-refractivity contribution is -0.384. The van der Waals surface area contributed by atoms with Crippen LogP contribution >= 0.6 is 22.6 Å². The second-order valence-corrected chi connectivity index (χ2v) is 8.13. The summed E-state index contributed by atoms with van der Waals surface area (Å²) in [5.41, 5.74) is 3.89. The number of phenolic OH excluding ortho intramolecular Hbond substituents is 1. The molecule has 0 saturated carbocycles. The van der Waals surface area contributed by atoms with E-state index in [0.717, 1.165) is 3.57 Å². The largest absolute Gasteiger partial charge is 0.507 e. The second-order valence-electron chi connectivity index (χ2n) is 6.88. The van der Waals surface area contributed by atoms with Gasteiger partial charge in [-0.15, -0.1) is 0 Å². The Morgan fingerprint density at radius 3 is 2.58 bits per heavy atom. The van der Waals surface area contributed by atoms with Crippen molar-refractivity contribution in [1.82, 2.24) is 15.0 Å². The highest BCUT2D eigenvalue weighted by atomic mass is 127. The average Bonchev–Trinajstić information content (AvgIpc) is 2.82. The van der Waals surface area contributed by atoms with Crippen LogP contribution in [0.4, 0.5) is 29.2 Å². The van der Waals surface area contributed by atoms with Crippen molar-refractivity contribution in [3.8, 4) is 5.75 Å². The van der Waals surface area contributed by atoms with Crippen molar-refractivity contribution in [1.29, 1.82) is 0 Å². The Hall–Kier alpha value is -3.59. The number of benzene rings is 2. The Morgan fingerprint density at radius 1 is 1.12 bits per heavy atom. The minimum atomic E-state index is -0.463. The third-order valence-corrected chi connectivity index (χ3v) is 5.28. The highest BCUT2D eigenvalue weighted by Gasteiger charge is 2.17. The van der Waals surface area contributed by atoms with Crippen LogP contribution in [0, 0.1) is 13.7 Å². The number of phenols is 1. The van der Waals surface area contributed by atoms with Gasteiger partial charge in [0.2, 0.25) is 17.8 Å². The van der Waals surface area contributed by atoms with E-state index in [4.69, 9.17) is 4.74 Å². The maximum absolute atomic E-state index is 10.9. The van der Waals surface area contributed by atoms with Crippen LogP contribution in [0.25, 0.3) is 0 Å². The van der Waals surface area contributed by atoms with Crippen molar-refractivity contribution in [2.45, 2.75) is 0 Å². The first-order valence-electron chi connectivity index (χ1n) is 9.86. The van der Waals surface area contributed by atoms with E-state index >= 15 is 0 Å². The van der Waals surface area contributed by atoms with Crippen molar-refractivity contribution in [3.05, 3.63) is 61.7 Å². The smallest absolute Gasteiger partial charge is 0.269 e. The van der Waals surface area contributed by atoms with Crippen molar-refractivity contribution in [2.24, 2.45) is 5.10 Å². The van der Waals surface area contributed by atoms with Gasteiger partial charge in [0, 0.05) is 40.0 Å². The summed E-state index contributed by atoms with van der Waals surface area (Å²) in [6, 6.07) is 11.1. The summed E-state index contributed by atoms with van der Waals surface area (Å²) < 4.78 is 6.35. The van der Waals surface area contributed by atoms with Crippen LogP contribution in [-0.4, -0.2) is 57.5 Å². The molecule has 1 aliphatic rings. The van der Waals surface area contributed by atoms with E-state index in [9.17, 15) is 15.2 Å². The summed E-state index contributed by atoms with van der Waals surface area (Å²) in [4.78, 5) is 25.6. The summed E-state index contributed by atoms with van der Waals surface area (Å²) in [5.74, 6) is 0.978. The molecule has 3 aromatic rings. The Kier molecular flexibility index (Phi) is 7.09. The lowest BCUT2D eigenvalue weighted by Crippen LogP contribution is -2.37. The molecule has 0 unspecified atom stereocenters. The number of halogens is 1. The molecule has 0 aliphatic carbocycles. The zero-order chi connectivity index (χ0) is 23.2. The van der Waals surface area contributed by atoms with Gasteiger partial charge in [0.1, 0.15) is 5.75 Å². The number of aromatic nitrogens is 3. The lowest BCUT2D eigenvalue weighted by Gasteiger charge is -2.27. The van der Waals surface area contributed by atoms with Crippen LogP contribution in [0.1, 0.15) is 5.56 Å². The number of nitrogens with one attached hydrogen (secondary N) is 2. The molecule has 0 amide bonds. The van der Waals surface area contributed by atoms with Gasteiger partial charge in [0.25, 0.3) is 5.69 Å². The molecule has 1 aromatic heterocycles. The molecule has 0 spiro atoms. The van der Waals surface area contributed by atoms with E-state index in [1.165, 1.54) is 18.3 Å². The van der Waals surface area contributed by atoms with E-state index < -0.39 is 4.92 Å². The lowest BCUT2D eigenvalue weighted by atomic mass is 10.2. The topological polar surface area (TPSA) is 151 Å². The molecule has 4 rings (SSSR count). The van der Waals surface area contributed by atoms with Crippen LogP contribution in [0.15, 0.2) is 47.6 Å². The molecule has 3 N–H and O–H groups in total. The number of morpholine rings is 1. The van der Waals surface area contributed by atoms with Crippen molar-refractivity contribution >= 4 is 58.0 Å². The molecule has 0 radical (unpaired) electrons. The summed E-state index contributed by atoms with van der Waals surface area (Å²) in [6.07, 6.45) is 1.47. The Labute approximate surface area is 202 Å². The first-order chi connectivity index (χ1) is 16.0. The molecule has 0 bridgehead atoms. The highest BCUT2D eigenvalue weighted by molar-refractivity contribution is 14.1. The number of non-ortho nitro benzene ring substituents is 1. The molecule has 2 heterocycles. The Morgan fingerprint density at radius 2 is 1.85 bits per heavy atom. The monoisotopic (exact) mass is 562 g/mol. The SMILES string of the molecule is O=[N+]([O-])c1ccc(Nc2nc(N/N=C/c3cc(I)ccc3O)nc(N3CCOCC3)n2)cc1. The predicted molar refractivity (Wildman–Crippen MR) is 131 cm³/mol. The van der Waals surface area contributed by atoms with Gasteiger partial charge >= 0.3 is 0 Å². The van der Waals surface area contributed by atoms with E-state index in [2.05, 4.69) is 53.4 Å². The van der Waals surface area contributed by atoms with E-state index in [-0.39, 0.29) is 23.3 Å². The first kappa shape index (κ1) is 22.6. The number of aromatic hydroxyl groups is 1. The number of nitro groups is 1. The van der Waals surface area contributed by atoms with Gasteiger partial charge in [-0.3, -0.25) is 10.1 Å². The van der Waals surface area contributed by atoms with Crippen LogP contribution in [0.3, 0.4) is 0 Å². The molecule has 1 aliphatic heterocycles. The van der Waals surface area contributed by atoms with E-state index in [0.29, 0.717) is 43.5 Å². The third kappa shape index (κ3) is 6.01. The van der Waals surface area contributed by atoms with Crippen molar-refractivity contribution in [3.63, 3.8) is 0 Å². The number of rotatable bonds is 7. The van der Waals surface area contributed by atoms with Gasteiger partial charge < -0.3 is 20.1 Å². The molecule has 1 saturated heterocycles. The molecule has 170 valence electrons. The van der Waals surface area contributed by atoms with Crippen LogP contribution < -0.4 is 15.6 Å². The number of nitro benzene ring substituents is 1. The maximum atomic E-state index is 10.9. The van der Waals surface area contributed by atoms with E-state index in [1.54, 1.807) is 30.3 Å². The Balaban J connectivity index is 1.57. The molecular formula is C20H19IN8O4. The number of nitrogens with zero attached hydrogens (tertiary/aromatic N) is 6. The first-order valence-corrected chi connectivity index (χ1v) is 10.9. The zero-order valence-corrected chi connectivity index (χ0v) is 19.3.